The van der Waals surface area contributed by atoms with Crippen molar-refractivity contribution in [2.75, 3.05) is 4.90 Å². The number of allylic oxidation sites excluding steroid dienone is 2. The first-order valence-corrected chi connectivity index (χ1v) is 7.77. The molecule has 6 unspecified atom stereocenters. The molecular weight excluding hydrogens is 276 g/mol. The van der Waals surface area contributed by atoms with Crippen LogP contribution >= 0.6 is 0 Å². The molecule has 0 radical (unpaired) electrons. The summed E-state index contributed by atoms with van der Waals surface area (Å²) in [6.07, 6.45) is 5.52. The van der Waals surface area contributed by atoms with Crippen LogP contribution in [0.1, 0.15) is 12.0 Å². The first-order valence-electron chi connectivity index (χ1n) is 7.77. The fourth-order valence-electron chi connectivity index (χ4n) is 4.90. The molecule has 1 aromatic carbocycles. The number of benzene rings is 1. The Bertz CT molecular complexity index is 737. The molecule has 108 valence electrons. The van der Waals surface area contributed by atoms with Crippen LogP contribution in [0.4, 0.5) is 5.69 Å². The highest BCUT2D eigenvalue weighted by Crippen LogP contribution is 2.65. The highest BCUT2D eigenvalue weighted by Gasteiger charge is 2.67. The third kappa shape index (κ3) is 1.32. The van der Waals surface area contributed by atoms with Gasteiger partial charge in [-0.3, -0.25) is 14.5 Å². The molecule has 0 N–H and O–H groups in total. The zero-order chi connectivity index (χ0) is 15.0. The van der Waals surface area contributed by atoms with Crippen LogP contribution in [0.3, 0.4) is 0 Å². The van der Waals surface area contributed by atoms with Gasteiger partial charge in [-0.25, -0.2) is 0 Å². The molecule has 1 aromatic rings. The quantitative estimate of drug-likeness (QED) is 0.588. The number of carbonyl (C=O) groups is 2. The molecule has 0 aromatic heterocycles. The van der Waals surface area contributed by atoms with Gasteiger partial charge in [0.25, 0.3) is 0 Å². The highest BCUT2D eigenvalue weighted by molar-refractivity contribution is 6.22. The number of nitrogens with zero attached hydrogens (tertiary/aromatic N) is 2. The smallest absolute Gasteiger partial charge is 0.238 e. The van der Waals surface area contributed by atoms with Gasteiger partial charge >= 0.3 is 0 Å². The van der Waals surface area contributed by atoms with Crippen molar-refractivity contribution in [2.45, 2.75) is 6.42 Å². The van der Waals surface area contributed by atoms with E-state index in [0.29, 0.717) is 23.1 Å². The van der Waals surface area contributed by atoms with Crippen molar-refractivity contribution in [3.8, 4) is 6.07 Å². The number of hydrogen-bond donors (Lipinski definition) is 0. The molecule has 4 heteroatoms. The lowest BCUT2D eigenvalue weighted by Crippen LogP contribution is -2.40. The maximum atomic E-state index is 12.9. The summed E-state index contributed by atoms with van der Waals surface area (Å²) in [7, 11) is 0. The van der Waals surface area contributed by atoms with Crippen molar-refractivity contribution in [2.24, 2.45) is 35.5 Å². The van der Waals surface area contributed by atoms with Crippen LogP contribution in [-0.2, 0) is 9.59 Å². The minimum Gasteiger partial charge on any atom is -0.274 e. The van der Waals surface area contributed by atoms with Crippen LogP contribution in [0.5, 0.6) is 0 Å². The summed E-state index contributed by atoms with van der Waals surface area (Å²) in [5.74, 6) is 1.31. The number of nitriles is 1. The molecule has 2 saturated carbocycles. The van der Waals surface area contributed by atoms with E-state index in [1.807, 2.05) is 0 Å². The molecule has 1 aliphatic heterocycles. The van der Waals surface area contributed by atoms with Crippen LogP contribution in [0, 0.1) is 46.8 Å². The second kappa shape index (κ2) is 3.86. The summed E-state index contributed by atoms with van der Waals surface area (Å²) in [4.78, 5) is 27.1. The standard InChI is InChI=1S/C18H14N2O2/c19-8-9-1-3-10(4-2-9)20-17(21)15-11-5-6-12(14-7-13(11)14)16(15)18(20)22/h1-6,11-16H,7H2. The molecule has 2 amide bonds. The predicted molar refractivity (Wildman–Crippen MR) is 78.3 cm³/mol. The van der Waals surface area contributed by atoms with E-state index in [2.05, 4.69) is 18.2 Å². The van der Waals surface area contributed by atoms with E-state index in [-0.39, 0.29) is 35.5 Å². The van der Waals surface area contributed by atoms with Crippen LogP contribution in [-0.4, -0.2) is 11.8 Å². The zero-order valence-corrected chi connectivity index (χ0v) is 11.8. The minimum absolute atomic E-state index is 0.0515. The molecule has 3 fully saturated rings. The molecule has 4 nitrogen and oxygen atoms in total. The van der Waals surface area contributed by atoms with Gasteiger partial charge in [-0.1, -0.05) is 12.2 Å². The Hall–Kier alpha value is -2.41. The number of carbonyl (C=O) groups excluding carboxylic acids is 2. The molecule has 2 bridgehead atoms. The van der Waals surface area contributed by atoms with Crippen molar-refractivity contribution in [3.05, 3.63) is 42.0 Å². The van der Waals surface area contributed by atoms with Crippen LogP contribution in [0.15, 0.2) is 36.4 Å². The van der Waals surface area contributed by atoms with Gasteiger partial charge in [-0.15, -0.1) is 0 Å². The van der Waals surface area contributed by atoms with Crippen LogP contribution < -0.4 is 4.90 Å². The monoisotopic (exact) mass is 290 g/mol. The highest BCUT2D eigenvalue weighted by atomic mass is 16.2. The summed E-state index contributed by atoms with van der Waals surface area (Å²) in [5.41, 5.74) is 1.12. The molecule has 0 spiro atoms. The Kier molecular flexibility index (Phi) is 2.14. The van der Waals surface area contributed by atoms with Crippen molar-refractivity contribution < 1.29 is 9.59 Å². The van der Waals surface area contributed by atoms with Crippen molar-refractivity contribution >= 4 is 17.5 Å². The lowest BCUT2D eigenvalue weighted by Gasteiger charge is -2.37. The summed E-state index contributed by atoms with van der Waals surface area (Å²) in [5, 5.41) is 8.87. The Morgan fingerprint density at radius 1 is 0.955 bits per heavy atom. The molecule has 4 aliphatic carbocycles. The summed E-state index contributed by atoms with van der Waals surface area (Å²) < 4.78 is 0. The lowest BCUT2D eigenvalue weighted by atomic mass is 9.63. The van der Waals surface area contributed by atoms with Crippen molar-refractivity contribution in [1.29, 1.82) is 5.26 Å². The van der Waals surface area contributed by atoms with E-state index in [0.717, 1.165) is 0 Å². The van der Waals surface area contributed by atoms with Crippen molar-refractivity contribution in [3.63, 3.8) is 0 Å². The summed E-state index contributed by atoms with van der Waals surface area (Å²) in [6, 6.07) is 8.76. The van der Waals surface area contributed by atoms with E-state index in [4.69, 9.17) is 5.26 Å². The molecule has 6 atom stereocenters. The fraction of sp³-hybridized carbons (Fsp3) is 0.389. The van der Waals surface area contributed by atoms with E-state index in [1.165, 1.54) is 11.3 Å². The summed E-state index contributed by atoms with van der Waals surface area (Å²) in [6.45, 7) is 0. The van der Waals surface area contributed by atoms with E-state index in [1.54, 1.807) is 24.3 Å². The third-order valence-corrected chi connectivity index (χ3v) is 5.92. The van der Waals surface area contributed by atoms with Gasteiger partial charge in [0.05, 0.1) is 29.2 Å². The van der Waals surface area contributed by atoms with Gasteiger partial charge in [0.1, 0.15) is 0 Å². The minimum atomic E-state index is -0.165. The molecule has 1 heterocycles. The average Bonchev–Trinajstić information content (AvgIpc) is 3.32. The molecule has 22 heavy (non-hydrogen) atoms. The third-order valence-electron chi connectivity index (χ3n) is 5.92. The average molecular weight is 290 g/mol. The van der Waals surface area contributed by atoms with E-state index in [9.17, 15) is 9.59 Å². The van der Waals surface area contributed by atoms with Gasteiger partial charge < -0.3 is 0 Å². The Labute approximate surface area is 128 Å². The number of rotatable bonds is 1. The molecular formula is C18H14N2O2. The van der Waals surface area contributed by atoms with Crippen LogP contribution in [0.25, 0.3) is 0 Å². The Morgan fingerprint density at radius 2 is 1.50 bits per heavy atom. The Balaban J connectivity index is 1.56. The normalized spacial score (nSPS) is 40.4. The van der Waals surface area contributed by atoms with E-state index >= 15 is 0 Å². The molecule has 1 saturated heterocycles. The maximum absolute atomic E-state index is 12.9. The topological polar surface area (TPSA) is 61.2 Å². The first-order chi connectivity index (χ1) is 10.7. The number of imide groups is 1. The second-order valence-electron chi connectivity index (χ2n) is 6.83. The van der Waals surface area contributed by atoms with Gasteiger partial charge in [-0.05, 0) is 54.4 Å². The lowest BCUT2D eigenvalue weighted by molar-refractivity contribution is -0.124. The zero-order valence-electron chi connectivity index (χ0n) is 11.8. The molecule has 5 aliphatic rings. The largest absolute Gasteiger partial charge is 0.274 e. The number of hydrogen-bond acceptors (Lipinski definition) is 3. The maximum Gasteiger partial charge on any atom is 0.238 e. The fourth-order valence-corrected chi connectivity index (χ4v) is 4.90. The SMILES string of the molecule is N#Cc1ccc(N2C(=O)C3C4C=CC(C5CC45)C3C2=O)cc1. The van der Waals surface area contributed by atoms with Gasteiger partial charge in [0, 0.05) is 0 Å². The predicted octanol–water partition coefficient (Wildman–Crippen LogP) is 2.12. The van der Waals surface area contributed by atoms with Gasteiger partial charge in [-0.2, -0.15) is 5.26 Å². The molecule has 6 rings (SSSR count). The van der Waals surface area contributed by atoms with Crippen molar-refractivity contribution in [1.82, 2.24) is 0 Å². The number of anilines is 1. The van der Waals surface area contributed by atoms with Gasteiger partial charge in [0.2, 0.25) is 11.8 Å². The second-order valence-corrected chi connectivity index (χ2v) is 6.83. The number of amides is 2. The van der Waals surface area contributed by atoms with E-state index < -0.39 is 0 Å². The van der Waals surface area contributed by atoms with Crippen LogP contribution in [0.2, 0.25) is 0 Å². The first kappa shape index (κ1) is 12.2. The Morgan fingerprint density at radius 3 is 2.00 bits per heavy atom. The summed E-state index contributed by atoms with van der Waals surface area (Å²) >= 11 is 0. The van der Waals surface area contributed by atoms with Gasteiger partial charge in [0.15, 0.2) is 0 Å².